The van der Waals surface area contributed by atoms with Crippen molar-refractivity contribution in [2.45, 2.75) is 245 Å². The van der Waals surface area contributed by atoms with E-state index >= 15 is 0 Å². The largest absolute Gasteiger partial charge is 0.466 e. The molecule has 0 amide bonds. The van der Waals surface area contributed by atoms with Gasteiger partial charge in [0.25, 0.3) is 0 Å². The maximum absolute atomic E-state index is 11.9. The zero-order chi connectivity index (χ0) is 30.4. The van der Waals surface area contributed by atoms with Crippen molar-refractivity contribution in [3.63, 3.8) is 0 Å². The van der Waals surface area contributed by atoms with Gasteiger partial charge in [-0.1, -0.05) is 226 Å². The molecule has 0 unspecified atom stereocenters. The fourth-order valence-corrected chi connectivity index (χ4v) is 6.26. The predicted octanol–water partition coefficient (Wildman–Crippen LogP) is 14.6. The van der Waals surface area contributed by atoms with E-state index in [9.17, 15) is 4.79 Å². The highest BCUT2D eigenvalue weighted by Gasteiger charge is 2.03. The second-order valence-electron chi connectivity index (χ2n) is 13.6. The molecule has 0 aliphatic rings. The summed E-state index contributed by atoms with van der Waals surface area (Å²) in [5.74, 6) is 0.0297. The van der Waals surface area contributed by atoms with E-state index in [1.165, 1.54) is 212 Å². The number of carbonyl (C=O) groups is 1. The Kier molecular flexibility index (Phi) is 38.0. The molecule has 2 heteroatoms. The highest BCUT2D eigenvalue weighted by molar-refractivity contribution is 5.69. The molecule has 0 bridgehead atoms. The van der Waals surface area contributed by atoms with E-state index in [0.29, 0.717) is 13.0 Å². The molecule has 0 aliphatic carbocycles. The molecule has 0 aromatic heterocycles. The monoisotopic (exact) mass is 593 g/mol. The number of unbranched alkanes of at least 4 members (excludes halogenated alkanes) is 33. The van der Waals surface area contributed by atoms with Crippen molar-refractivity contribution in [1.29, 1.82) is 0 Å². The van der Waals surface area contributed by atoms with Crippen LogP contribution in [-0.4, -0.2) is 12.6 Å². The first-order valence-electron chi connectivity index (χ1n) is 20.0. The topological polar surface area (TPSA) is 26.3 Å². The van der Waals surface area contributed by atoms with E-state index < -0.39 is 0 Å². The normalized spacial score (nSPS) is 11.4. The minimum absolute atomic E-state index is 0.0297. The van der Waals surface area contributed by atoms with Crippen molar-refractivity contribution in [3.05, 3.63) is 0 Å². The Morgan fingerprint density at radius 2 is 0.524 bits per heavy atom. The SMILES string of the molecule is CCCCCCCCCCCCCCCCCCCCCCCCC(=O)OCCCCCCCCCCCCCCC. The Hall–Kier alpha value is -0.530. The van der Waals surface area contributed by atoms with Crippen LogP contribution in [0.5, 0.6) is 0 Å². The van der Waals surface area contributed by atoms with E-state index in [4.69, 9.17) is 4.74 Å². The molecule has 0 saturated carbocycles. The molecule has 0 aromatic rings. The van der Waals surface area contributed by atoms with E-state index in [-0.39, 0.29) is 5.97 Å². The lowest BCUT2D eigenvalue weighted by Crippen LogP contribution is -2.05. The highest BCUT2D eigenvalue weighted by Crippen LogP contribution is 2.16. The molecule has 0 atom stereocenters. The third-order valence-electron chi connectivity index (χ3n) is 9.25. The molecule has 252 valence electrons. The maximum Gasteiger partial charge on any atom is 0.305 e. The lowest BCUT2D eigenvalue weighted by molar-refractivity contribution is -0.143. The van der Waals surface area contributed by atoms with E-state index in [2.05, 4.69) is 13.8 Å². The van der Waals surface area contributed by atoms with Gasteiger partial charge in [0.15, 0.2) is 0 Å². The second-order valence-corrected chi connectivity index (χ2v) is 13.6. The van der Waals surface area contributed by atoms with Gasteiger partial charge < -0.3 is 4.74 Å². The number of esters is 1. The minimum Gasteiger partial charge on any atom is -0.466 e. The average molecular weight is 593 g/mol. The van der Waals surface area contributed by atoms with Crippen LogP contribution in [0.3, 0.4) is 0 Å². The maximum atomic E-state index is 11.9. The fraction of sp³-hybridized carbons (Fsp3) is 0.975. The molecule has 0 aliphatic heterocycles. The molecule has 0 radical (unpaired) electrons. The number of rotatable bonds is 37. The quantitative estimate of drug-likeness (QED) is 0.0529. The Bertz CT molecular complexity index is 488. The van der Waals surface area contributed by atoms with Crippen LogP contribution < -0.4 is 0 Å². The smallest absolute Gasteiger partial charge is 0.305 e. The van der Waals surface area contributed by atoms with Gasteiger partial charge in [-0.25, -0.2) is 0 Å². The van der Waals surface area contributed by atoms with Crippen LogP contribution in [0.2, 0.25) is 0 Å². The van der Waals surface area contributed by atoms with E-state index in [0.717, 1.165) is 12.8 Å². The van der Waals surface area contributed by atoms with E-state index in [1.54, 1.807) is 0 Å². The van der Waals surface area contributed by atoms with Crippen molar-refractivity contribution >= 4 is 5.97 Å². The van der Waals surface area contributed by atoms with Gasteiger partial charge >= 0.3 is 5.97 Å². The van der Waals surface area contributed by atoms with Crippen molar-refractivity contribution in [2.75, 3.05) is 6.61 Å². The van der Waals surface area contributed by atoms with Crippen molar-refractivity contribution < 1.29 is 9.53 Å². The van der Waals surface area contributed by atoms with Gasteiger partial charge in [-0.3, -0.25) is 4.79 Å². The molecule has 42 heavy (non-hydrogen) atoms. The standard InChI is InChI=1S/C40H80O2/c1-3-5-7-9-11-13-15-17-18-19-20-21-22-23-24-25-26-28-30-32-34-36-38-40(41)42-39-37-35-33-31-29-27-16-14-12-10-8-6-4-2/h3-39H2,1-2H3. The number of carbonyl (C=O) groups excluding carboxylic acids is 1. The molecule has 2 nitrogen and oxygen atoms in total. The summed E-state index contributed by atoms with van der Waals surface area (Å²) in [6.07, 6.45) is 49.0. The summed E-state index contributed by atoms with van der Waals surface area (Å²) in [5.41, 5.74) is 0. The predicted molar refractivity (Wildman–Crippen MR) is 189 cm³/mol. The van der Waals surface area contributed by atoms with Crippen LogP contribution in [0.1, 0.15) is 245 Å². The third kappa shape index (κ3) is 37.5. The summed E-state index contributed by atoms with van der Waals surface area (Å²) in [6, 6.07) is 0. The number of hydrogen-bond donors (Lipinski definition) is 0. The molecular formula is C40H80O2. The van der Waals surface area contributed by atoms with Crippen LogP contribution >= 0.6 is 0 Å². The number of ether oxygens (including phenoxy) is 1. The van der Waals surface area contributed by atoms with Gasteiger partial charge in [-0.15, -0.1) is 0 Å². The molecule has 0 fully saturated rings. The zero-order valence-corrected chi connectivity index (χ0v) is 29.5. The van der Waals surface area contributed by atoms with Gasteiger partial charge in [-0.2, -0.15) is 0 Å². The van der Waals surface area contributed by atoms with Crippen LogP contribution in [0, 0.1) is 0 Å². The Balaban J connectivity index is 3.13. The molecule has 0 N–H and O–H groups in total. The van der Waals surface area contributed by atoms with Crippen molar-refractivity contribution in [1.82, 2.24) is 0 Å². The van der Waals surface area contributed by atoms with Gasteiger partial charge in [0.05, 0.1) is 6.61 Å². The van der Waals surface area contributed by atoms with Gasteiger partial charge in [0.1, 0.15) is 0 Å². The first kappa shape index (κ1) is 41.5. The molecular weight excluding hydrogens is 512 g/mol. The Morgan fingerprint density at radius 1 is 0.310 bits per heavy atom. The first-order chi connectivity index (χ1) is 20.8. The lowest BCUT2D eigenvalue weighted by atomic mass is 10.0. The summed E-state index contributed by atoms with van der Waals surface area (Å²) in [6.45, 7) is 5.22. The minimum atomic E-state index is 0.0297. The van der Waals surface area contributed by atoms with Gasteiger partial charge in [-0.05, 0) is 12.8 Å². The zero-order valence-electron chi connectivity index (χ0n) is 29.5. The van der Waals surface area contributed by atoms with Crippen LogP contribution in [0.15, 0.2) is 0 Å². The molecule has 0 aromatic carbocycles. The summed E-state index contributed by atoms with van der Waals surface area (Å²) < 4.78 is 5.45. The molecule has 0 rings (SSSR count). The van der Waals surface area contributed by atoms with Crippen LogP contribution in [0.25, 0.3) is 0 Å². The van der Waals surface area contributed by atoms with Crippen LogP contribution in [0.4, 0.5) is 0 Å². The van der Waals surface area contributed by atoms with Crippen molar-refractivity contribution in [2.24, 2.45) is 0 Å². The number of hydrogen-bond acceptors (Lipinski definition) is 2. The van der Waals surface area contributed by atoms with Gasteiger partial charge in [0, 0.05) is 6.42 Å². The van der Waals surface area contributed by atoms with Crippen molar-refractivity contribution in [3.8, 4) is 0 Å². The van der Waals surface area contributed by atoms with Crippen LogP contribution in [-0.2, 0) is 9.53 Å². The summed E-state index contributed by atoms with van der Waals surface area (Å²) in [7, 11) is 0. The van der Waals surface area contributed by atoms with Gasteiger partial charge in [0.2, 0.25) is 0 Å². The molecule has 0 saturated heterocycles. The average Bonchev–Trinajstić information content (AvgIpc) is 3.00. The first-order valence-corrected chi connectivity index (χ1v) is 20.0. The van der Waals surface area contributed by atoms with E-state index in [1.807, 2.05) is 0 Å². The lowest BCUT2D eigenvalue weighted by Gasteiger charge is -2.06. The Labute approximate surface area is 266 Å². The highest BCUT2D eigenvalue weighted by atomic mass is 16.5. The fourth-order valence-electron chi connectivity index (χ4n) is 6.26. The Morgan fingerprint density at radius 3 is 0.786 bits per heavy atom. The summed E-state index contributed by atoms with van der Waals surface area (Å²) >= 11 is 0. The summed E-state index contributed by atoms with van der Waals surface area (Å²) in [5, 5.41) is 0. The second kappa shape index (κ2) is 38.5. The summed E-state index contributed by atoms with van der Waals surface area (Å²) in [4.78, 5) is 11.9. The third-order valence-corrected chi connectivity index (χ3v) is 9.25. The molecule has 0 spiro atoms. The molecule has 0 heterocycles.